The van der Waals surface area contributed by atoms with Crippen molar-refractivity contribution in [2.45, 2.75) is 13.0 Å². The van der Waals surface area contributed by atoms with Gasteiger partial charge in [0.2, 0.25) is 5.91 Å². The van der Waals surface area contributed by atoms with Gasteiger partial charge in [-0.2, -0.15) is 0 Å². The van der Waals surface area contributed by atoms with Gasteiger partial charge in [-0.25, -0.2) is 0 Å². The van der Waals surface area contributed by atoms with Crippen molar-refractivity contribution in [1.29, 1.82) is 0 Å². The summed E-state index contributed by atoms with van der Waals surface area (Å²) >= 11 is 0. The molecule has 0 fully saturated rings. The van der Waals surface area contributed by atoms with Crippen LogP contribution < -0.4 is 28.7 Å². The van der Waals surface area contributed by atoms with E-state index in [1.54, 1.807) is 6.92 Å². The number of methoxy groups -OCH3 is 2. The monoisotopic (exact) mass is 341 g/mol. The predicted molar refractivity (Wildman–Crippen MR) is 81.7 cm³/mol. The van der Waals surface area contributed by atoms with Crippen molar-refractivity contribution < 1.29 is 33.8 Å². The molecule has 0 aromatic heterocycles. The van der Waals surface area contributed by atoms with Crippen molar-refractivity contribution in [2.75, 3.05) is 33.9 Å². The van der Waals surface area contributed by atoms with Gasteiger partial charge in [0.15, 0.2) is 0 Å². The minimum absolute atomic E-state index is 0.0312. The largest absolute Gasteiger partial charge is 0.480 e. The second kappa shape index (κ2) is 22.0. The first kappa shape index (κ1) is 28.8. The number of esters is 2. The van der Waals surface area contributed by atoms with Crippen LogP contribution in [0.5, 0.6) is 0 Å². The summed E-state index contributed by atoms with van der Waals surface area (Å²) in [7, 11) is 2.61. The average molecular weight is 341 g/mol. The molecule has 0 aliphatic heterocycles. The van der Waals surface area contributed by atoms with Crippen molar-refractivity contribution in [3.05, 3.63) is 0 Å². The maximum atomic E-state index is 10.2. The van der Waals surface area contributed by atoms with Crippen LogP contribution in [0, 0.1) is 0 Å². The van der Waals surface area contributed by atoms with Crippen LogP contribution in [0.3, 0.4) is 0 Å². The number of amides is 1. The van der Waals surface area contributed by atoms with Gasteiger partial charge in [-0.15, -0.1) is 0 Å². The smallest absolute Gasteiger partial charge is 0.322 e. The molecule has 12 heteroatoms. The van der Waals surface area contributed by atoms with E-state index in [4.69, 9.17) is 22.3 Å². The SMILES string of the molecule is COC(=O)C(C)N.COC(=O)CN.NCC(=O)O.NCC(N)=O. The van der Waals surface area contributed by atoms with Gasteiger partial charge in [-0.3, -0.25) is 19.2 Å². The molecule has 0 saturated heterocycles. The standard InChI is InChI=1S/C4H9NO2.C3H7NO2.C2H6N2O.C2H5NO2/c1-3(5)4(6)7-2;1-6-3(5)2-4;2*3-1-2(4)5/h3H,5H2,1-2H3;2,4H2,1H3;1,3H2,(H2,4,5);1,3H2,(H,4,5). The Morgan fingerprint density at radius 3 is 1.30 bits per heavy atom. The van der Waals surface area contributed by atoms with E-state index in [1.165, 1.54) is 14.2 Å². The third-order valence-corrected chi connectivity index (χ3v) is 1.34. The molecular weight excluding hydrogens is 314 g/mol. The summed E-state index contributed by atoms with van der Waals surface area (Å²) in [6.45, 7) is 1.21. The van der Waals surface area contributed by atoms with Crippen molar-refractivity contribution in [3.8, 4) is 0 Å². The Morgan fingerprint density at radius 2 is 1.30 bits per heavy atom. The molecule has 0 aliphatic rings. The number of ether oxygens (including phenoxy) is 2. The lowest BCUT2D eigenvalue weighted by atomic mass is 10.4. The Kier molecular flexibility index (Phi) is 27.6. The zero-order chi connectivity index (χ0) is 19.4. The number of carbonyl (C=O) groups is 4. The highest BCUT2D eigenvalue weighted by Crippen LogP contribution is 1.76. The maximum absolute atomic E-state index is 10.2. The number of hydrogen-bond donors (Lipinski definition) is 6. The van der Waals surface area contributed by atoms with Crippen LogP contribution in [-0.4, -0.2) is 68.8 Å². The summed E-state index contributed by atoms with van der Waals surface area (Å²) in [6, 6.07) is -0.495. The molecule has 0 aliphatic carbocycles. The summed E-state index contributed by atoms with van der Waals surface area (Å²) in [4.78, 5) is 38.7. The number of nitrogens with two attached hydrogens (primary N) is 5. The molecule has 0 spiro atoms. The Balaban J connectivity index is -0.000000106. The quantitative estimate of drug-likeness (QED) is 0.270. The molecular formula is C11H27N5O7. The van der Waals surface area contributed by atoms with Gasteiger partial charge in [-0.05, 0) is 6.92 Å². The van der Waals surface area contributed by atoms with E-state index in [-0.39, 0.29) is 31.6 Å². The van der Waals surface area contributed by atoms with Crippen molar-refractivity contribution in [2.24, 2.45) is 28.7 Å². The summed E-state index contributed by atoms with van der Waals surface area (Å²) in [6.07, 6.45) is 0. The zero-order valence-corrected chi connectivity index (χ0v) is 13.5. The first-order valence-electron chi connectivity index (χ1n) is 6.04. The maximum Gasteiger partial charge on any atom is 0.322 e. The summed E-state index contributed by atoms with van der Waals surface area (Å²) < 4.78 is 8.38. The molecule has 23 heavy (non-hydrogen) atoms. The molecule has 11 N–H and O–H groups in total. The van der Waals surface area contributed by atoms with Gasteiger partial charge in [0.05, 0.1) is 33.9 Å². The minimum atomic E-state index is -0.968. The van der Waals surface area contributed by atoms with Crippen LogP contribution in [0.1, 0.15) is 6.92 Å². The number of carbonyl (C=O) groups excluding carboxylic acids is 3. The third-order valence-electron chi connectivity index (χ3n) is 1.34. The molecule has 0 rings (SSSR count). The second-order valence-corrected chi connectivity index (χ2v) is 3.36. The van der Waals surface area contributed by atoms with Crippen LogP contribution in [0.2, 0.25) is 0 Å². The van der Waals surface area contributed by atoms with Crippen LogP contribution >= 0.6 is 0 Å². The Labute approximate surface area is 134 Å². The summed E-state index contributed by atoms with van der Waals surface area (Å²) in [5.41, 5.74) is 23.7. The predicted octanol–water partition coefficient (Wildman–Crippen LogP) is -3.92. The molecule has 0 radical (unpaired) electrons. The van der Waals surface area contributed by atoms with E-state index in [0.717, 1.165) is 0 Å². The van der Waals surface area contributed by atoms with Gasteiger partial charge in [0, 0.05) is 0 Å². The number of hydrogen-bond acceptors (Lipinski definition) is 10. The van der Waals surface area contributed by atoms with E-state index in [2.05, 4.69) is 20.9 Å². The van der Waals surface area contributed by atoms with Gasteiger partial charge in [-0.1, -0.05) is 0 Å². The van der Waals surface area contributed by atoms with Crippen molar-refractivity contribution in [1.82, 2.24) is 0 Å². The normalized spacial score (nSPS) is 9.17. The second-order valence-electron chi connectivity index (χ2n) is 3.36. The van der Waals surface area contributed by atoms with E-state index >= 15 is 0 Å². The molecule has 0 saturated carbocycles. The van der Waals surface area contributed by atoms with E-state index in [9.17, 15) is 19.2 Å². The molecule has 1 atom stereocenters. The first-order chi connectivity index (χ1) is 10.5. The molecule has 138 valence electrons. The fourth-order valence-corrected chi connectivity index (χ4v) is 0.269. The first-order valence-corrected chi connectivity index (χ1v) is 6.04. The summed E-state index contributed by atoms with van der Waals surface area (Å²) in [5.74, 6) is -2.19. The Hall–Kier alpha value is -2.28. The number of carboxylic acid groups (broad SMARTS) is 1. The third kappa shape index (κ3) is 45.1. The number of carboxylic acids is 1. The van der Waals surface area contributed by atoms with Crippen LogP contribution in [-0.2, 0) is 28.7 Å². The minimum Gasteiger partial charge on any atom is -0.480 e. The van der Waals surface area contributed by atoms with Gasteiger partial charge in [0.25, 0.3) is 0 Å². The molecule has 0 aromatic rings. The highest BCUT2D eigenvalue weighted by molar-refractivity contribution is 5.75. The molecule has 12 nitrogen and oxygen atoms in total. The Morgan fingerprint density at radius 1 is 0.957 bits per heavy atom. The molecule has 0 heterocycles. The highest BCUT2D eigenvalue weighted by atomic mass is 16.5. The molecule has 0 bridgehead atoms. The number of primary amides is 1. The van der Waals surface area contributed by atoms with E-state index in [0.29, 0.717) is 0 Å². The average Bonchev–Trinajstić information content (AvgIpc) is 2.54. The fourth-order valence-electron chi connectivity index (χ4n) is 0.269. The van der Waals surface area contributed by atoms with Gasteiger partial charge in [0.1, 0.15) is 6.04 Å². The lowest BCUT2D eigenvalue weighted by Crippen LogP contribution is -2.27. The van der Waals surface area contributed by atoms with Gasteiger partial charge < -0.3 is 43.2 Å². The topological polar surface area (TPSA) is 237 Å². The van der Waals surface area contributed by atoms with Crippen LogP contribution in [0.4, 0.5) is 0 Å². The lowest BCUT2D eigenvalue weighted by Gasteiger charge is -1.98. The number of rotatable bonds is 4. The molecule has 0 aromatic carbocycles. The Bertz CT molecular complexity index is 317. The zero-order valence-electron chi connectivity index (χ0n) is 13.5. The van der Waals surface area contributed by atoms with Crippen molar-refractivity contribution in [3.63, 3.8) is 0 Å². The summed E-state index contributed by atoms with van der Waals surface area (Å²) in [5, 5.41) is 7.60. The van der Waals surface area contributed by atoms with Crippen LogP contribution in [0.15, 0.2) is 0 Å². The van der Waals surface area contributed by atoms with E-state index in [1.807, 2.05) is 0 Å². The number of aliphatic carboxylic acids is 1. The molecule has 1 unspecified atom stereocenters. The lowest BCUT2D eigenvalue weighted by molar-refractivity contribution is -0.142. The van der Waals surface area contributed by atoms with E-state index < -0.39 is 17.9 Å². The van der Waals surface area contributed by atoms with Gasteiger partial charge >= 0.3 is 17.9 Å². The highest BCUT2D eigenvalue weighted by Gasteiger charge is 2.03. The molecule has 1 amide bonds. The van der Waals surface area contributed by atoms with Crippen LogP contribution in [0.25, 0.3) is 0 Å². The fraction of sp³-hybridized carbons (Fsp3) is 0.636. The van der Waals surface area contributed by atoms with Crippen molar-refractivity contribution >= 4 is 23.8 Å².